The van der Waals surface area contributed by atoms with Crippen molar-refractivity contribution in [3.05, 3.63) is 42.2 Å². The van der Waals surface area contributed by atoms with Gasteiger partial charge in [-0.1, -0.05) is 0 Å². The SMILES string of the molecule is CCNC(=NCc1nc(-c2ccco2)n[nH]1)N1CCC(Cc2cnn(C)c2)C1. The van der Waals surface area contributed by atoms with Crippen LogP contribution >= 0.6 is 0 Å². The lowest BCUT2D eigenvalue weighted by Gasteiger charge is -2.21. The number of aromatic nitrogens is 5. The van der Waals surface area contributed by atoms with Crippen molar-refractivity contribution >= 4 is 5.96 Å². The van der Waals surface area contributed by atoms with Gasteiger partial charge in [0, 0.05) is 32.9 Å². The maximum atomic E-state index is 5.33. The molecule has 1 aliphatic heterocycles. The van der Waals surface area contributed by atoms with E-state index in [1.165, 1.54) is 5.56 Å². The largest absolute Gasteiger partial charge is 0.461 e. The van der Waals surface area contributed by atoms with Crippen LogP contribution in [0, 0.1) is 5.92 Å². The van der Waals surface area contributed by atoms with Gasteiger partial charge < -0.3 is 14.6 Å². The molecular formula is C19H26N8O. The molecule has 9 nitrogen and oxygen atoms in total. The van der Waals surface area contributed by atoms with E-state index in [2.05, 4.69) is 43.6 Å². The number of aromatic amines is 1. The highest BCUT2D eigenvalue weighted by molar-refractivity contribution is 5.80. The fourth-order valence-electron chi connectivity index (χ4n) is 3.56. The van der Waals surface area contributed by atoms with Crippen LogP contribution in [0.3, 0.4) is 0 Å². The summed E-state index contributed by atoms with van der Waals surface area (Å²) in [6.07, 6.45) is 7.88. The predicted molar refractivity (Wildman–Crippen MR) is 105 cm³/mol. The van der Waals surface area contributed by atoms with Gasteiger partial charge in [0.15, 0.2) is 11.7 Å². The fourth-order valence-corrected chi connectivity index (χ4v) is 3.56. The van der Waals surface area contributed by atoms with Crippen LogP contribution in [0.15, 0.2) is 40.2 Å². The Hall–Kier alpha value is -3.10. The lowest BCUT2D eigenvalue weighted by atomic mass is 10.0. The molecule has 0 aromatic carbocycles. The second kappa shape index (κ2) is 8.28. The predicted octanol–water partition coefficient (Wildman–Crippen LogP) is 1.83. The number of guanidine groups is 1. The zero-order chi connectivity index (χ0) is 19.3. The first-order chi connectivity index (χ1) is 13.7. The van der Waals surface area contributed by atoms with E-state index in [0.717, 1.165) is 38.4 Å². The van der Waals surface area contributed by atoms with Crippen molar-refractivity contribution in [2.24, 2.45) is 18.0 Å². The number of aryl methyl sites for hydroxylation is 1. The lowest BCUT2D eigenvalue weighted by molar-refractivity contribution is 0.459. The first-order valence-corrected chi connectivity index (χ1v) is 9.67. The van der Waals surface area contributed by atoms with Gasteiger partial charge in [-0.3, -0.25) is 9.78 Å². The summed E-state index contributed by atoms with van der Waals surface area (Å²) in [5.74, 6) is 3.46. The van der Waals surface area contributed by atoms with Crippen LogP contribution in [0.4, 0.5) is 0 Å². The molecule has 0 spiro atoms. The smallest absolute Gasteiger partial charge is 0.216 e. The van der Waals surface area contributed by atoms with E-state index < -0.39 is 0 Å². The van der Waals surface area contributed by atoms with E-state index in [1.807, 2.05) is 30.1 Å². The third-order valence-corrected chi connectivity index (χ3v) is 4.85. The van der Waals surface area contributed by atoms with Gasteiger partial charge in [-0.05, 0) is 43.4 Å². The highest BCUT2D eigenvalue weighted by atomic mass is 16.3. The summed E-state index contributed by atoms with van der Waals surface area (Å²) in [5.41, 5.74) is 1.29. The van der Waals surface area contributed by atoms with Gasteiger partial charge in [0.1, 0.15) is 12.4 Å². The topological polar surface area (TPSA) is 100 Å². The molecule has 1 aliphatic rings. The molecule has 1 saturated heterocycles. The normalized spacial score (nSPS) is 17.4. The Labute approximate surface area is 163 Å². The summed E-state index contributed by atoms with van der Waals surface area (Å²) in [6, 6.07) is 3.66. The van der Waals surface area contributed by atoms with Gasteiger partial charge in [0.25, 0.3) is 0 Å². The Morgan fingerprint density at radius 1 is 1.46 bits per heavy atom. The van der Waals surface area contributed by atoms with Gasteiger partial charge in [0.05, 0.1) is 12.5 Å². The molecule has 0 amide bonds. The monoisotopic (exact) mass is 382 g/mol. The van der Waals surface area contributed by atoms with Gasteiger partial charge in [-0.15, -0.1) is 5.10 Å². The van der Waals surface area contributed by atoms with Crippen LogP contribution in [0.1, 0.15) is 24.7 Å². The molecule has 28 heavy (non-hydrogen) atoms. The third kappa shape index (κ3) is 4.24. The second-order valence-corrected chi connectivity index (χ2v) is 7.08. The number of hydrogen-bond acceptors (Lipinski definition) is 5. The zero-order valence-corrected chi connectivity index (χ0v) is 16.3. The van der Waals surface area contributed by atoms with Crippen LogP contribution in [0.5, 0.6) is 0 Å². The number of nitrogens with one attached hydrogen (secondary N) is 2. The van der Waals surface area contributed by atoms with E-state index in [1.54, 1.807) is 6.26 Å². The Kier molecular flexibility index (Phi) is 5.41. The summed E-state index contributed by atoms with van der Waals surface area (Å²) >= 11 is 0. The van der Waals surface area contributed by atoms with Crippen LogP contribution in [0.2, 0.25) is 0 Å². The van der Waals surface area contributed by atoms with Crippen molar-refractivity contribution in [1.29, 1.82) is 0 Å². The second-order valence-electron chi connectivity index (χ2n) is 7.08. The molecule has 2 N–H and O–H groups in total. The van der Waals surface area contributed by atoms with Crippen molar-refractivity contribution in [2.75, 3.05) is 19.6 Å². The molecule has 9 heteroatoms. The Balaban J connectivity index is 1.38. The van der Waals surface area contributed by atoms with Crippen molar-refractivity contribution in [1.82, 2.24) is 35.2 Å². The number of hydrogen-bond donors (Lipinski definition) is 2. The van der Waals surface area contributed by atoms with Crippen LogP contribution < -0.4 is 5.32 Å². The molecule has 1 fully saturated rings. The maximum absolute atomic E-state index is 5.33. The average molecular weight is 382 g/mol. The number of likely N-dealkylation sites (tertiary alicyclic amines) is 1. The molecular weight excluding hydrogens is 356 g/mol. The number of nitrogens with zero attached hydrogens (tertiary/aromatic N) is 6. The summed E-state index contributed by atoms with van der Waals surface area (Å²) in [4.78, 5) is 11.5. The third-order valence-electron chi connectivity index (χ3n) is 4.85. The molecule has 1 unspecified atom stereocenters. The van der Waals surface area contributed by atoms with Crippen molar-refractivity contribution in [3.63, 3.8) is 0 Å². The molecule has 3 aromatic rings. The van der Waals surface area contributed by atoms with Crippen molar-refractivity contribution < 1.29 is 4.42 Å². The molecule has 4 heterocycles. The quantitative estimate of drug-likeness (QED) is 0.498. The van der Waals surface area contributed by atoms with E-state index in [4.69, 9.17) is 9.41 Å². The highest BCUT2D eigenvalue weighted by Gasteiger charge is 2.25. The van der Waals surface area contributed by atoms with Gasteiger partial charge >= 0.3 is 0 Å². The van der Waals surface area contributed by atoms with Gasteiger partial charge in [-0.2, -0.15) is 5.10 Å². The maximum Gasteiger partial charge on any atom is 0.216 e. The standard InChI is InChI=1S/C19H26N8O/c1-3-20-19(21-11-17-23-18(25-24-17)16-5-4-8-28-16)27-7-6-14(13-27)9-15-10-22-26(2)12-15/h4-5,8,10,12,14H,3,6-7,9,11,13H2,1-2H3,(H,20,21)(H,23,24,25). The fraction of sp³-hybridized carbons (Fsp3) is 0.474. The van der Waals surface area contributed by atoms with E-state index in [0.29, 0.717) is 29.9 Å². The minimum atomic E-state index is 0.444. The molecule has 0 bridgehead atoms. The van der Waals surface area contributed by atoms with E-state index in [-0.39, 0.29) is 0 Å². The first kappa shape index (κ1) is 18.3. The number of H-pyrrole nitrogens is 1. The highest BCUT2D eigenvalue weighted by Crippen LogP contribution is 2.21. The van der Waals surface area contributed by atoms with Gasteiger partial charge in [-0.25, -0.2) is 9.98 Å². The number of aliphatic imine (C=N–C) groups is 1. The Bertz CT molecular complexity index is 910. The average Bonchev–Trinajstić information content (AvgIpc) is 3.46. The molecule has 1 atom stereocenters. The minimum Gasteiger partial charge on any atom is -0.461 e. The lowest BCUT2D eigenvalue weighted by Crippen LogP contribution is -2.40. The molecule has 0 aliphatic carbocycles. The number of furan rings is 1. The molecule has 3 aromatic heterocycles. The Morgan fingerprint density at radius 2 is 2.39 bits per heavy atom. The molecule has 0 saturated carbocycles. The minimum absolute atomic E-state index is 0.444. The van der Waals surface area contributed by atoms with E-state index in [9.17, 15) is 0 Å². The van der Waals surface area contributed by atoms with Crippen molar-refractivity contribution in [2.45, 2.75) is 26.3 Å². The Morgan fingerprint density at radius 3 is 3.14 bits per heavy atom. The van der Waals surface area contributed by atoms with E-state index >= 15 is 0 Å². The van der Waals surface area contributed by atoms with Crippen LogP contribution in [-0.2, 0) is 20.0 Å². The number of rotatable bonds is 6. The summed E-state index contributed by atoms with van der Waals surface area (Å²) < 4.78 is 7.20. The summed E-state index contributed by atoms with van der Waals surface area (Å²) in [6.45, 7) is 5.36. The summed E-state index contributed by atoms with van der Waals surface area (Å²) in [7, 11) is 1.96. The van der Waals surface area contributed by atoms with Crippen LogP contribution in [-0.4, -0.2) is 55.5 Å². The molecule has 148 valence electrons. The van der Waals surface area contributed by atoms with Crippen LogP contribution in [0.25, 0.3) is 11.6 Å². The summed E-state index contributed by atoms with van der Waals surface area (Å²) in [5, 5.41) is 14.8. The van der Waals surface area contributed by atoms with Crippen molar-refractivity contribution in [3.8, 4) is 11.6 Å². The van der Waals surface area contributed by atoms with Gasteiger partial charge in [0.2, 0.25) is 5.82 Å². The molecule has 4 rings (SSSR count). The first-order valence-electron chi connectivity index (χ1n) is 9.67. The molecule has 0 radical (unpaired) electrons. The zero-order valence-electron chi connectivity index (χ0n) is 16.3.